The first-order valence-corrected chi connectivity index (χ1v) is 12.7. The number of aliphatic carboxylic acids is 1. The summed E-state index contributed by atoms with van der Waals surface area (Å²) in [6, 6.07) is 10.4. The van der Waals surface area contributed by atoms with Gasteiger partial charge in [0.25, 0.3) is 0 Å². The van der Waals surface area contributed by atoms with Crippen molar-refractivity contribution in [1.82, 2.24) is 20.0 Å². The summed E-state index contributed by atoms with van der Waals surface area (Å²) in [7, 11) is 1.62. The average molecular weight is 541 g/mol. The average Bonchev–Trinajstić information content (AvgIpc) is 3.24. The number of nitrogens with zero attached hydrogens (tertiary/aromatic N) is 4. The molecule has 0 radical (unpaired) electrons. The lowest BCUT2D eigenvalue weighted by Gasteiger charge is -2.27. The fraction of sp³-hybridized carbons (Fsp3) is 0.385. The summed E-state index contributed by atoms with van der Waals surface area (Å²) in [6.45, 7) is 3.44. The number of aromatic nitrogens is 4. The summed E-state index contributed by atoms with van der Waals surface area (Å²) in [5.41, 5.74) is 2.38. The molecule has 3 aromatic rings. The number of carboxylic acids is 1. The highest BCUT2D eigenvalue weighted by atomic mass is 35.5. The zero-order valence-electron chi connectivity index (χ0n) is 21.3. The fourth-order valence-corrected chi connectivity index (χ4v) is 4.90. The first kappa shape index (κ1) is 27.1. The smallest absolute Gasteiger partial charge is 0.413 e. The van der Waals surface area contributed by atoms with E-state index in [0.29, 0.717) is 46.2 Å². The minimum absolute atomic E-state index is 0.275. The van der Waals surface area contributed by atoms with E-state index in [2.05, 4.69) is 25.9 Å². The van der Waals surface area contributed by atoms with E-state index in [-0.39, 0.29) is 11.7 Å². The van der Waals surface area contributed by atoms with Gasteiger partial charge in [-0.25, -0.2) is 14.5 Å². The predicted octanol–water partition coefficient (Wildman–Crippen LogP) is 4.98. The highest BCUT2D eigenvalue weighted by molar-refractivity contribution is 6.31. The summed E-state index contributed by atoms with van der Waals surface area (Å²) in [4.78, 5) is 41.7. The van der Waals surface area contributed by atoms with Crippen LogP contribution in [0.4, 0.5) is 16.3 Å². The van der Waals surface area contributed by atoms with E-state index < -0.39 is 30.0 Å². The SMILES string of the molecule is Cc1nc(-c2nnn(C)c2NC(=O)OC(C)c2ccccc2Cl)ccc1NC(=O)[C@H]1CCCC[C@@H]1C(=O)O. The summed E-state index contributed by atoms with van der Waals surface area (Å²) < 4.78 is 6.88. The summed E-state index contributed by atoms with van der Waals surface area (Å²) in [6.07, 6.45) is 1.34. The van der Waals surface area contributed by atoms with Crippen LogP contribution in [0.15, 0.2) is 36.4 Å². The molecule has 2 aromatic heterocycles. The summed E-state index contributed by atoms with van der Waals surface area (Å²) >= 11 is 6.20. The van der Waals surface area contributed by atoms with E-state index in [1.165, 1.54) is 4.68 Å². The Morgan fingerprint density at radius 3 is 2.50 bits per heavy atom. The Hall–Kier alpha value is -3.99. The van der Waals surface area contributed by atoms with Crippen LogP contribution >= 0.6 is 11.6 Å². The first-order chi connectivity index (χ1) is 18.2. The van der Waals surface area contributed by atoms with Gasteiger partial charge < -0.3 is 15.2 Å². The van der Waals surface area contributed by atoms with Crippen LogP contribution in [-0.4, -0.2) is 43.1 Å². The number of benzene rings is 1. The zero-order valence-corrected chi connectivity index (χ0v) is 22.0. The zero-order chi connectivity index (χ0) is 27.4. The molecule has 1 unspecified atom stereocenters. The normalized spacial score (nSPS) is 17.9. The van der Waals surface area contributed by atoms with Gasteiger partial charge in [0, 0.05) is 17.6 Å². The summed E-state index contributed by atoms with van der Waals surface area (Å²) in [5, 5.41) is 23.6. The fourth-order valence-electron chi connectivity index (χ4n) is 4.62. The Bertz CT molecular complexity index is 1360. The molecule has 2 amide bonds. The highest BCUT2D eigenvalue weighted by Gasteiger charge is 2.36. The van der Waals surface area contributed by atoms with Gasteiger partial charge in [-0.3, -0.25) is 14.9 Å². The van der Waals surface area contributed by atoms with E-state index in [9.17, 15) is 19.5 Å². The van der Waals surface area contributed by atoms with Gasteiger partial charge in [-0.15, -0.1) is 5.10 Å². The molecule has 1 saturated carbocycles. The molecule has 1 aromatic carbocycles. The molecule has 1 aliphatic carbocycles. The Balaban J connectivity index is 1.47. The van der Waals surface area contributed by atoms with Crippen molar-refractivity contribution < 1.29 is 24.2 Å². The number of carbonyl (C=O) groups excluding carboxylic acids is 2. The van der Waals surface area contributed by atoms with Crippen LogP contribution in [0.25, 0.3) is 11.4 Å². The standard InChI is InChI=1S/C26H29ClN6O5/c1-14-20(29-24(34)17-9-4-5-10-18(17)25(35)36)12-13-21(28-14)22-23(33(3)32-31-22)30-26(37)38-15(2)16-8-6-7-11-19(16)27/h6-8,11-13,15,17-18H,4-5,9-10H2,1-3H3,(H,29,34)(H,30,37)(H,35,36)/t15?,17-,18-/m0/s1. The van der Waals surface area contributed by atoms with Gasteiger partial charge in [-0.1, -0.05) is 47.9 Å². The topological polar surface area (TPSA) is 148 Å². The van der Waals surface area contributed by atoms with Crippen molar-refractivity contribution in [3.8, 4) is 11.4 Å². The van der Waals surface area contributed by atoms with Gasteiger partial charge in [0.2, 0.25) is 5.91 Å². The number of aryl methyl sites for hydroxylation is 2. The van der Waals surface area contributed by atoms with Crippen molar-refractivity contribution in [2.75, 3.05) is 10.6 Å². The van der Waals surface area contributed by atoms with Gasteiger partial charge in [0.1, 0.15) is 6.10 Å². The van der Waals surface area contributed by atoms with Crippen LogP contribution in [0.1, 0.15) is 50.0 Å². The third kappa shape index (κ3) is 5.94. The molecule has 38 heavy (non-hydrogen) atoms. The van der Waals surface area contributed by atoms with Crippen molar-refractivity contribution in [2.45, 2.75) is 45.6 Å². The van der Waals surface area contributed by atoms with Crippen molar-refractivity contribution >= 4 is 41.1 Å². The maximum absolute atomic E-state index is 12.9. The molecule has 4 rings (SSSR count). The molecule has 11 nitrogen and oxygen atoms in total. The molecule has 0 spiro atoms. The lowest BCUT2D eigenvalue weighted by molar-refractivity contribution is -0.147. The van der Waals surface area contributed by atoms with Gasteiger partial charge in [0.05, 0.1) is 28.9 Å². The minimum atomic E-state index is -0.947. The maximum Gasteiger partial charge on any atom is 0.413 e. The molecule has 200 valence electrons. The van der Waals surface area contributed by atoms with E-state index in [4.69, 9.17) is 16.3 Å². The van der Waals surface area contributed by atoms with Gasteiger partial charge in [0.15, 0.2) is 11.5 Å². The molecular weight excluding hydrogens is 512 g/mol. The van der Waals surface area contributed by atoms with Crippen molar-refractivity contribution in [3.63, 3.8) is 0 Å². The second-order valence-electron chi connectivity index (χ2n) is 9.26. The van der Waals surface area contributed by atoms with Crippen molar-refractivity contribution in [1.29, 1.82) is 0 Å². The van der Waals surface area contributed by atoms with E-state index in [1.54, 1.807) is 51.2 Å². The van der Waals surface area contributed by atoms with Crippen LogP contribution < -0.4 is 10.6 Å². The number of anilines is 2. The Kier molecular flexibility index (Phi) is 8.26. The monoisotopic (exact) mass is 540 g/mol. The van der Waals surface area contributed by atoms with Gasteiger partial charge in [-0.2, -0.15) is 0 Å². The Labute approximate surface area is 224 Å². The molecular formula is C26H29ClN6O5. The van der Waals surface area contributed by atoms with Crippen molar-refractivity contribution in [2.24, 2.45) is 18.9 Å². The molecule has 1 aliphatic rings. The molecule has 2 heterocycles. The highest BCUT2D eigenvalue weighted by Crippen LogP contribution is 2.32. The number of hydrogen-bond acceptors (Lipinski definition) is 7. The van der Waals surface area contributed by atoms with Crippen LogP contribution in [0.5, 0.6) is 0 Å². The Morgan fingerprint density at radius 1 is 1.11 bits per heavy atom. The number of rotatable bonds is 7. The van der Waals surface area contributed by atoms with Crippen LogP contribution in [0.3, 0.4) is 0 Å². The summed E-state index contributed by atoms with van der Waals surface area (Å²) in [5.74, 6) is -2.28. The molecule has 0 bridgehead atoms. The number of carboxylic acid groups (broad SMARTS) is 1. The van der Waals surface area contributed by atoms with Gasteiger partial charge >= 0.3 is 12.1 Å². The first-order valence-electron chi connectivity index (χ1n) is 12.3. The third-order valence-electron chi connectivity index (χ3n) is 6.68. The lowest BCUT2D eigenvalue weighted by Crippen LogP contribution is -2.36. The number of pyridine rings is 1. The van der Waals surface area contributed by atoms with E-state index in [1.807, 2.05) is 6.07 Å². The lowest BCUT2D eigenvalue weighted by atomic mass is 9.78. The predicted molar refractivity (Wildman–Crippen MR) is 141 cm³/mol. The Morgan fingerprint density at radius 2 is 1.82 bits per heavy atom. The van der Waals surface area contributed by atoms with Gasteiger partial charge in [-0.05, 0) is 44.9 Å². The van der Waals surface area contributed by atoms with E-state index >= 15 is 0 Å². The molecule has 3 atom stereocenters. The maximum atomic E-state index is 12.9. The number of amides is 2. The second-order valence-corrected chi connectivity index (χ2v) is 9.67. The van der Waals surface area contributed by atoms with Crippen LogP contribution in [0, 0.1) is 18.8 Å². The number of ether oxygens (including phenoxy) is 1. The number of carbonyl (C=O) groups is 3. The molecule has 0 saturated heterocycles. The minimum Gasteiger partial charge on any atom is -0.481 e. The van der Waals surface area contributed by atoms with Crippen molar-refractivity contribution in [3.05, 3.63) is 52.7 Å². The van der Waals surface area contributed by atoms with E-state index in [0.717, 1.165) is 12.8 Å². The quantitative estimate of drug-likeness (QED) is 0.380. The number of nitrogens with one attached hydrogen (secondary N) is 2. The van der Waals surface area contributed by atoms with Crippen LogP contribution in [-0.2, 0) is 21.4 Å². The third-order valence-corrected chi connectivity index (χ3v) is 7.02. The number of hydrogen-bond donors (Lipinski definition) is 3. The van der Waals surface area contributed by atoms with Crippen LogP contribution in [0.2, 0.25) is 5.02 Å². The largest absolute Gasteiger partial charge is 0.481 e. The second kappa shape index (κ2) is 11.6. The molecule has 3 N–H and O–H groups in total. The molecule has 12 heteroatoms. The molecule has 0 aliphatic heterocycles. The molecule has 1 fully saturated rings. The number of halogens is 1.